The SMILES string of the molecule is CNC(CCN1CCCC(C)CC1)c1ccccc1Cl. The van der Waals surface area contributed by atoms with Crippen LogP contribution in [0.4, 0.5) is 0 Å². The Kier molecular flexibility index (Phi) is 6.34. The van der Waals surface area contributed by atoms with Crippen molar-refractivity contribution in [2.45, 2.75) is 38.6 Å². The van der Waals surface area contributed by atoms with E-state index in [9.17, 15) is 0 Å². The van der Waals surface area contributed by atoms with E-state index in [4.69, 9.17) is 11.6 Å². The molecule has 0 bridgehead atoms. The summed E-state index contributed by atoms with van der Waals surface area (Å²) in [5, 5.41) is 4.28. The summed E-state index contributed by atoms with van der Waals surface area (Å²) < 4.78 is 0. The van der Waals surface area contributed by atoms with Gasteiger partial charge >= 0.3 is 0 Å². The minimum Gasteiger partial charge on any atom is -0.313 e. The minimum absolute atomic E-state index is 0.351. The van der Waals surface area contributed by atoms with Gasteiger partial charge in [0.25, 0.3) is 0 Å². The van der Waals surface area contributed by atoms with E-state index in [2.05, 4.69) is 29.3 Å². The van der Waals surface area contributed by atoms with Crippen LogP contribution < -0.4 is 5.32 Å². The molecule has 3 heteroatoms. The Labute approximate surface area is 128 Å². The molecule has 0 aromatic heterocycles. The van der Waals surface area contributed by atoms with Crippen LogP contribution in [-0.4, -0.2) is 31.6 Å². The van der Waals surface area contributed by atoms with E-state index in [1.54, 1.807) is 0 Å². The van der Waals surface area contributed by atoms with Crippen LogP contribution in [0.5, 0.6) is 0 Å². The van der Waals surface area contributed by atoms with Gasteiger partial charge in [-0.3, -0.25) is 0 Å². The molecule has 0 spiro atoms. The average molecular weight is 295 g/mol. The zero-order valence-corrected chi connectivity index (χ0v) is 13.5. The number of benzene rings is 1. The fraction of sp³-hybridized carbons (Fsp3) is 0.647. The number of likely N-dealkylation sites (tertiary alicyclic amines) is 1. The highest BCUT2D eigenvalue weighted by atomic mass is 35.5. The third kappa shape index (κ3) is 4.47. The summed E-state index contributed by atoms with van der Waals surface area (Å²) in [7, 11) is 2.03. The molecule has 1 aliphatic heterocycles. The molecule has 2 unspecified atom stereocenters. The van der Waals surface area contributed by atoms with Crippen LogP contribution in [0.1, 0.15) is 44.2 Å². The Hall–Kier alpha value is -0.570. The zero-order chi connectivity index (χ0) is 14.4. The summed E-state index contributed by atoms with van der Waals surface area (Å²) in [5.41, 5.74) is 1.22. The van der Waals surface area contributed by atoms with Crippen LogP contribution in [0, 0.1) is 5.92 Å². The molecule has 2 rings (SSSR count). The molecule has 0 radical (unpaired) electrons. The first-order valence-electron chi connectivity index (χ1n) is 7.84. The lowest BCUT2D eigenvalue weighted by molar-refractivity contribution is 0.265. The van der Waals surface area contributed by atoms with E-state index in [0.29, 0.717) is 6.04 Å². The minimum atomic E-state index is 0.351. The predicted octanol–water partition coefficient (Wildman–Crippen LogP) is 4.11. The normalized spacial score (nSPS) is 22.4. The lowest BCUT2D eigenvalue weighted by Gasteiger charge is -2.24. The lowest BCUT2D eigenvalue weighted by Crippen LogP contribution is -2.29. The fourth-order valence-electron chi connectivity index (χ4n) is 3.07. The monoisotopic (exact) mass is 294 g/mol. The van der Waals surface area contributed by atoms with E-state index in [1.165, 1.54) is 37.9 Å². The topological polar surface area (TPSA) is 15.3 Å². The van der Waals surface area contributed by atoms with Gasteiger partial charge < -0.3 is 10.2 Å². The van der Waals surface area contributed by atoms with E-state index in [1.807, 2.05) is 19.2 Å². The summed E-state index contributed by atoms with van der Waals surface area (Å²) in [5.74, 6) is 0.892. The molecule has 1 aromatic carbocycles. The van der Waals surface area contributed by atoms with Crippen molar-refractivity contribution >= 4 is 11.6 Å². The molecule has 0 aliphatic carbocycles. The quantitative estimate of drug-likeness (QED) is 0.879. The molecule has 1 aliphatic rings. The van der Waals surface area contributed by atoms with Gasteiger partial charge in [-0.15, -0.1) is 0 Å². The van der Waals surface area contributed by atoms with E-state index < -0.39 is 0 Å². The van der Waals surface area contributed by atoms with Gasteiger partial charge in [0, 0.05) is 11.1 Å². The number of halogens is 1. The molecule has 20 heavy (non-hydrogen) atoms. The fourth-order valence-corrected chi connectivity index (χ4v) is 3.34. The second-order valence-corrected chi connectivity index (χ2v) is 6.44. The second kappa shape index (κ2) is 8.02. The molecule has 1 saturated heterocycles. The largest absolute Gasteiger partial charge is 0.313 e. The molecule has 0 amide bonds. The van der Waals surface area contributed by atoms with Crippen LogP contribution in [0.3, 0.4) is 0 Å². The van der Waals surface area contributed by atoms with Gasteiger partial charge in [-0.2, -0.15) is 0 Å². The van der Waals surface area contributed by atoms with Crippen LogP contribution >= 0.6 is 11.6 Å². The highest BCUT2D eigenvalue weighted by Gasteiger charge is 2.17. The highest BCUT2D eigenvalue weighted by molar-refractivity contribution is 6.31. The van der Waals surface area contributed by atoms with E-state index in [0.717, 1.165) is 23.9 Å². The number of hydrogen-bond acceptors (Lipinski definition) is 2. The lowest BCUT2D eigenvalue weighted by atomic mass is 10.0. The van der Waals surface area contributed by atoms with Crippen molar-refractivity contribution in [3.8, 4) is 0 Å². The summed E-state index contributed by atoms with van der Waals surface area (Å²) in [6.45, 7) is 6.04. The van der Waals surface area contributed by atoms with Gasteiger partial charge in [0.1, 0.15) is 0 Å². The summed E-state index contributed by atoms with van der Waals surface area (Å²) >= 11 is 6.31. The van der Waals surface area contributed by atoms with Gasteiger partial charge in [-0.05, 0) is 69.9 Å². The van der Waals surface area contributed by atoms with Crippen molar-refractivity contribution in [3.05, 3.63) is 34.9 Å². The van der Waals surface area contributed by atoms with Crippen molar-refractivity contribution in [1.29, 1.82) is 0 Å². The van der Waals surface area contributed by atoms with Crippen LogP contribution in [0.2, 0.25) is 5.02 Å². The van der Waals surface area contributed by atoms with Gasteiger partial charge in [-0.25, -0.2) is 0 Å². The van der Waals surface area contributed by atoms with Gasteiger partial charge in [0.2, 0.25) is 0 Å². The van der Waals surface area contributed by atoms with Gasteiger partial charge in [-0.1, -0.05) is 36.7 Å². The Morgan fingerprint density at radius 3 is 2.85 bits per heavy atom. The van der Waals surface area contributed by atoms with Crippen molar-refractivity contribution in [3.63, 3.8) is 0 Å². The third-order valence-corrected chi connectivity index (χ3v) is 4.82. The Balaban J connectivity index is 1.89. The number of nitrogens with zero attached hydrogens (tertiary/aromatic N) is 1. The Bertz CT molecular complexity index is 408. The van der Waals surface area contributed by atoms with Gasteiger partial charge in [0.05, 0.1) is 0 Å². The van der Waals surface area contributed by atoms with Crippen LogP contribution in [-0.2, 0) is 0 Å². The first kappa shape index (κ1) is 15.8. The molecule has 0 saturated carbocycles. The summed E-state index contributed by atoms with van der Waals surface area (Å²) in [4.78, 5) is 2.62. The van der Waals surface area contributed by atoms with Crippen molar-refractivity contribution in [1.82, 2.24) is 10.2 Å². The number of rotatable bonds is 5. The van der Waals surface area contributed by atoms with Gasteiger partial charge in [0.15, 0.2) is 0 Å². The van der Waals surface area contributed by atoms with Crippen LogP contribution in [0.25, 0.3) is 0 Å². The second-order valence-electron chi connectivity index (χ2n) is 6.03. The first-order valence-corrected chi connectivity index (χ1v) is 8.22. The predicted molar refractivity (Wildman–Crippen MR) is 87.3 cm³/mol. The van der Waals surface area contributed by atoms with Crippen LogP contribution in [0.15, 0.2) is 24.3 Å². The molecular formula is C17H27ClN2. The Morgan fingerprint density at radius 1 is 1.30 bits per heavy atom. The molecule has 2 nitrogen and oxygen atoms in total. The molecule has 112 valence electrons. The summed E-state index contributed by atoms with van der Waals surface area (Å²) in [6.07, 6.45) is 5.19. The smallest absolute Gasteiger partial charge is 0.0453 e. The third-order valence-electron chi connectivity index (χ3n) is 4.47. The van der Waals surface area contributed by atoms with Crippen molar-refractivity contribution in [2.24, 2.45) is 5.92 Å². The summed E-state index contributed by atoms with van der Waals surface area (Å²) in [6, 6.07) is 8.53. The molecule has 2 atom stereocenters. The number of hydrogen-bond donors (Lipinski definition) is 1. The van der Waals surface area contributed by atoms with E-state index >= 15 is 0 Å². The first-order chi connectivity index (χ1) is 9.70. The molecular weight excluding hydrogens is 268 g/mol. The maximum absolute atomic E-state index is 6.31. The highest BCUT2D eigenvalue weighted by Crippen LogP contribution is 2.25. The average Bonchev–Trinajstić information content (AvgIpc) is 2.66. The maximum Gasteiger partial charge on any atom is 0.0453 e. The molecule has 1 fully saturated rings. The maximum atomic E-state index is 6.31. The standard InChI is InChI=1S/C17H27ClN2/c1-14-6-5-11-20(12-9-14)13-10-17(19-2)15-7-3-4-8-16(15)18/h3-4,7-8,14,17,19H,5-6,9-13H2,1-2H3. The zero-order valence-electron chi connectivity index (χ0n) is 12.7. The van der Waals surface area contributed by atoms with E-state index in [-0.39, 0.29) is 0 Å². The molecule has 1 aromatic rings. The molecule has 1 N–H and O–H groups in total. The van der Waals surface area contributed by atoms with Crippen molar-refractivity contribution in [2.75, 3.05) is 26.7 Å². The Morgan fingerprint density at radius 2 is 2.10 bits per heavy atom. The van der Waals surface area contributed by atoms with Crippen molar-refractivity contribution < 1.29 is 0 Å². The molecule has 1 heterocycles. The number of nitrogens with one attached hydrogen (secondary N) is 1.